The standard InChI is InChI=1S/2C22H15ClFNO3S/c23-20-16(14-8-7-10-3-2-6-13(10)18(14)26)17-19(27)15(21(28)25-22(17)29-20)11-4-1-5-12(24)9-11;23-20-16(14-9-6-10-2-1-3-13(10)18(14)26)17-19(27)15(21(28)25-22(17)29-20)11-4-7-12(24)8-5-11/h1,4-5,7-9,26H,2-3,6H2,(H2,25,27,28);4-9,26H,1-3H2,(H2,25,27,28). The van der Waals surface area contributed by atoms with E-state index in [4.69, 9.17) is 23.2 Å². The molecule has 0 bridgehead atoms. The maximum atomic E-state index is 13.7. The number of aromatic nitrogens is 2. The van der Waals surface area contributed by atoms with Crippen LogP contribution in [0.1, 0.15) is 35.1 Å². The van der Waals surface area contributed by atoms with E-state index in [0.29, 0.717) is 56.9 Å². The summed E-state index contributed by atoms with van der Waals surface area (Å²) >= 11 is 15.2. The number of benzene rings is 4. The summed E-state index contributed by atoms with van der Waals surface area (Å²) in [5, 5.41) is 44.5. The molecule has 14 heteroatoms. The number of pyridine rings is 2. The highest BCUT2D eigenvalue weighted by atomic mass is 35.5. The summed E-state index contributed by atoms with van der Waals surface area (Å²) in [6.07, 6.45) is 5.38. The van der Waals surface area contributed by atoms with Gasteiger partial charge in [0.2, 0.25) is 0 Å². The molecule has 0 unspecified atom stereocenters. The van der Waals surface area contributed by atoms with E-state index in [9.17, 15) is 38.8 Å². The van der Waals surface area contributed by atoms with Crippen LogP contribution in [0.5, 0.6) is 23.0 Å². The van der Waals surface area contributed by atoms with Crippen molar-refractivity contribution in [2.45, 2.75) is 38.5 Å². The molecule has 6 N–H and O–H groups in total. The minimum atomic E-state index is -0.539. The summed E-state index contributed by atoms with van der Waals surface area (Å²) in [4.78, 5) is 31.5. The Morgan fingerprint density at radius 3 is 1.50 bits per heavy atom. The van der Waals surface area contributed by atoms with Crippen LogP contribution in [-0.4, -0.2) is 30.4 Å². The Labute approximate surface area is 345 Å². The third-order valence-corrected chi connectivity index (χ3v) is 13.5. The van der Waals surface area contributed by atoms with Crippen molar-refractivity contribution in [2.75, 3.05) is 0 Å². The highest BCUT2D eigenvalue weighted by Crippen LogP contribution is 2.52. The molecular weight excluding hydrogens is 826 g/mol. The monoisotopic (exact) mass is 854 g/mol. The molecule has 0 radical (unpaired) electrons. The van der Waals surface area contributed by atoms with E-state index in [1.54, 1.807) is 18.2 Å². The summed E-state index contributed by atoms with van der Waals surface area (Å²) in [6, 6.07) is 18.3. The number of aryl methyl sites for hydroxylation is 2. The van der Waals surface area contributed by atoms with Crippen molar-refractivity contribution in [3.8, 4) is 67.5 Å². The molecule has 58 heavy (non-hydrogen) atoms. The van der Waals surface area contributed by atoms with Gasteiger partial charge in [0, 0.05) is 22.3 Å². The molecule has 0 aliphatic heterocycles. The number of rotatable bonds is 4. The Balaban J connectivity index is 0.000000150. The first-order valence-electron chi connectivity index (χ1n) is 18.3. The number of phenols is 2. The lowest BCUT2D eigenvalue weighted by atomic mass is 9.97. The van der Waals surface area contributed by atoms with Crippen molar-refractivity contribution in [1.29, 1.82) is 0 Å². The van der Waals surface area contributed by atoms with E-state index >= 15 is 0 Å². The maximum Gasteiger partial charge on any atom is 0.260 e. The normalized spacial score (nSPS) is 13.2. The van der Waals surface area contributed by atoms with Crippen LogP contribution in [0, 0.1) is 11.6 Å². The van der Waals surface area contributed by atoms with Crippen LogP contribution in [0.25, 0.3) is 64.9 Å². The predicted octanol–water partition coefficient (Wildman–Crippen LogP) is 11.2. The molecular formula is C44H30Cl2F2N2O6S2. The zero-order valence-electron chi connectivity index (χ0n) is 30.1. The van der Waals surface area contributed by atoms with Crippen molar-refractivity contribution >= 4 is 66.3 Å². The number of aromatic hydroxyl groups is 4. The first-order valence-corrected chi connectivity index (χ1v) is 20.6. The molecule has 0 amide bonds. The van der Waals surface area contributed by atoms with E-state index < -0.39 is 22.8 Å². The fraction of sp³-hybridized carbons (Fsp3) is 0.136. The molecule has 0 fully saturated rings. The van der Waals surface area contributed by atoms with Crippen molar-refractivity contribution < 1.29 is 29.2 Å². The van der Waals surface area contributed by atoms with Gasteiger partial charge in [-0.25, -0.2) is 8.78 Å². The molecule has 2 aliphatic carbocycles. The van der Waals surface area contributed by atoms with Crippen molar-refractivity contribution in [3.63, 3.8) is 0 Å². The second-order valence-electron chi connectivity index (χ2n) is 14.2. The van der Waals surface area contributed by atoms with Gasteiger partial charge >= 0.3 is 0 Å². The number of fused-ring (bicyclic) bond motifs is 4. The van der Waals surface area contributed by atoms with Crippen molar-refractivity contribution in [2.24, 2.45) is 0 Å². The molecule has 10 rings (SSSR count). The minimum absolute atomic E-state index is 0.0339. The predicted molar refractivity (Wildman–Crippen MR) is 227 cm³/mol. The molecule has 4 heterocycles. The summed E-state index contributed by atoms with van der Waals surface area (Å²) in [7, 11) is 0. The number of nitrogens with one attached hydrogen (secondary N) is 2. The Kier molecular flexibility index (Phi) is 9.55. The van der Waals surface area contributed by atoms with Crippen LogP contribution in [-0.2, 0) is 25.7 Å². The van der Waals surface area contributed by atoms with E-state index in [2.05, 4.69) is 9.97 Å². The highest BCUT2D eigenvalue weighted by Gasteiger charge is 2.28. The molecule has 2 aliphatic rings. The fourth-order valence-electron chi connectivity index (χ4n) is 8.21. The van der Waals surface area contributed by atoms with Crippen LogP contribution in [0.2, 0.25) is 8.67 Å². The van der Waals surface area contributed by atoms with Gasteiger partial charge < -0.3 is 30.4 Å². The summed E-state index contributed by atoms with van der Waals surface area (Å²) in [5.74, 6) is -1.16. The van der Waals surface area contributed by atoms with Gasteiger partial charge in [0.15, 0.2) is 0 Å². The van der Waals surface area contributed by atoms with Crippen LogP contribution < -0.4 is 11.1 Å². The van der Waals surface area contributed by atoms with Crippen LogP contribution >= 0.6 is 45.9 Å². The van der Waals surface area contributed by atoms with Crippen LogP contribution in [0.4, 0.5) is 8.78 Å². The number of hydrogen-bond acceptors (Lipinski definition) is 8. The summed E-state index contributed by atoms with van der Waals surface area (Å²) < 4.78 is 27.7. The lowest BCUT2D eigenvalue weighted by Gasteiger charge is -2.11. The molecule has 4 aromatic carbocycles. The molecule has 8 aromatic rings. The lowest BCUT2D eigenvalue weighted by Crippen LogP contribution is -2.08. The lowest BCUT2D eigenvalue weighted by molar-refractivity contribution is 0.470. The van der Waals surface area contributed by atoms with Crippen molar-refractivity contribution in [1.82, 2.24) is 9.97 Å². The van der Waals surface area contributed by atoms with Gasteiger partial charge in [-0.05, 0) is 96.2 Å². The number of thiophene rings is 2. The molecule has 0 saturated heterocycles. The number of hydrogen-bond donors (Lipinski definition) is 6. The molecule has 0 spiro atoms. The van der Waals surface area contributed by atoms with Gasteiger partial charge in [0.25, 0.3) is 11.1 Å². The van der Waals surface area contributed by atoms with Gasteiger partial charge in [0.05, 0.1) is 21.9 Å². The number of phenolic OH excluding ortho intramolecular Hbond substituents is 2. The Bertz CT molecular complexity index is 3120. The topological polar surface area (TPSA) is 147 Å². The Morgan fingerprint density at radius 2 is 1.02 bits per heavy atom. The second kappa shape index (κ2) is 14.6. The smallest absolute Gasteiger partial charge is 0.260 e. The average molecular weight is 856 g/mol. The quantitative estimate of drug-likeness (QED) is 0.104. The number of aromatic amines is 2. The maximum absolute atomic E-state index is 13.7. The van der Waals surface area contributed by atoms with Crippen molar-refractivity contribution in [3.05, 3.63) is 136 Å². The van der Waals surface area contributed by atoms with Crippen LogP contribution in [0.3, 0.4) is 0 Å². The Hall–Kier alpha value is -5.66. The first-order chi connectivity index (χ1) is 27.9. The fourth-order valence-corrected chi connectivity index (χ4v) is 10.9. The van der Waals surface area contributed by atoms with Gasteiger partial charge in [-0.1, -0.05) is 71.7 Å². The van der Waals surface area contributed by atoms with E-state index in [1.165, 1.54) is 42.5 Å². The second-order valence-corrected chi connectivity index (χ2v) is 17.4. The van der Waals surface area contributed by atoms with Gasteiger partial charge in [-0.15, -0.1) is 22.7 Å². The molecule has 8 nitrogen and oxygen atoms in total. The number of halogens is 4. The Morgan fingerprint density at radius 1 is 0.534 bits per heavy atom. The SMILES string of the molecule is O=c1[nH]c2sc(Cl)c(-c3ccc4c(c3O)CCC4)c2c(O)c1-c1ccc(F)cc1.O=c1[nH]c2sc(Cl)c(-c3ccc4c(c3O)CCC4)c2c(O)c1-c1cccc(F)c1. The molecule has 292 valence electrons. The first kappa shape index (κ1) is 37.9. The third kappa shape index (κ3) is 6.22. The average Bonchev–Trinajstić information content (AvgIpc) is 3.99. The van der Waals surface area contributed by atoms with E-state index in [1.807, 2.05) is 12.1 Å². The van der Waals surface area contributed by atoms with Gasteiger partial charge in [0.1, 0.15) is 53.0 Å². The van der Waals surface area contributed by atoms with Crippen LogP contribution in [0.15, 0.2) is 82.4 Å². The highest BCUT2D eigenvalue weighted by molar-refractivity contribution is 7.23. The molecule has 4 aromatic heterocycles. The third-order valence-electron chi connectivity index (χ3n) is 10.9. The molecule has 0 saturated carbocycles. The zero-order chi connectivity index (χ0) is 40.6. The summed E-state index contributed by atoms with van der Waals surface area (Å²) in [5.41, 5.74) is 5.62. The number of H-pyrrole nitrogens is 2. The van der Waals surface area contributed by atoms with E-state index in [-0.39, 0.29) is 39.7 Å². The minimum Gasteiger partial charge on any atom is -0.507 e. The van der Waals surface area contributed by atoms with Gasteiger partial charge in [-0.3, -0.25) is 9.59 Å². The van der Waals surface area contributed by atoms with Gasteiger partial charge in [-0.2, -0.15) is 0 Å². The summed E-state index contributed by atoms with van der Waals surface area (Å²) in [6.45, 7) is 0. The van der Waals surface area contributed by atoms with E-state index in [0.717, 1.165) is 83.5 Å². The largest absolute Gasteiger partial charge is 0.507 e. The molecule has 0 atom stereocenters. The zero-order valence-corrected chi connectivity index (χ0v) is 33.2.